The predicted octanol–water partition coefficient (Wildman–Crippen LogP) is 3.35. The minimum atomic E-state index is 0.00270. The van der Waals surface area contributed by atoms with Crippen LogP contribution in [0.15, 0.2) is 18.2 Å². The predicted molar refractivity (Wildman–Crippen MR) is 68.5 cm³/mol. The minimum Gasteiger partial charge on any atom is -0.338 e. The lowest BCUT2D eigenvalue weighted by Crippen LogP contribution is -2.32. The molecule has 1 aromatic rings. The van der Waals surface area contributed by atoms with Gasteiger partial charge in [0.25, 0.3) is 5.91 Å². The van der Waals surface area contributed by atoms with Crippen LogP contribution in [0, 0.1) is 6.92 Å². The van der Waals surface area contributed by atoms with Gasteiger partial charge in [-0.3, -0.25) is 4.79 Å². The van der Waals surface area contributed by atoms with Crippen molar-refractivity contribution in [3.05, 3.63) is 34.3 Å². The third kappa shape index (κ3) is 3.13. The monoisotopic (exact) mass is 259 g/mol. The van der Waals surface area contributed by atoms with E-state index in [1.165, 1.54) is 0 Å². The van der Waals surface area contributed by atoms with Gasteiger partial charge in [0.2, 0.25) is 0 Å². The smallest absolute Gasteiger partial charge is 0.253 e. The fourth-order valence-corrected chi connectivity index (χ4v) is 1.79. The average Bonchev–Trinajstić information content (AvgIpc) is 2.28. The van der Waals surface area contributed by atoms with E-state index in [1.807, 2.05) is 19.9 Å². The van der Waals surface area contributed by atoms with Gasteiger partial charge in [0.1, 0.15) is 0 Å². The van der Waals surface area contributed by atoms with Crippen LogP contribution in [0.3, 0.4) is 0 Å². The second kappa shape index (κ2) is 6.12. The number of nitrogens with zero attached hydrogens (tertiary/aromatic N) is 1. The van der Waals surface area contributed by atoms with Gasteiger partial charge in [0, 0.05) is 29.6 Å². The fraction of sp³-hybridized carbons (Fsp3) is 0.417. The zero-order chi connectivity index (χ0) is 12.1. The van der Waals surface area contributed by atoms with Gasteiger partial charge in [0.15, 0.2) is 0 Å². The Morgan fingerprint density at radius 3 is 2.62 bits per heavy atom. The first-order chi connectivity index (χ1) is 7.60. The van der Waals surface area contributed by atoms with Crippen molar-refractivity contribution in [1.29, 1.82) is 0 Å². The third-order valence-electron chi connectivity index (χ3n) is 2.43. The number of benzene rings is 1. The molecular weight excluding hydrogens is 245 g/mol. The molecule has 0 aliphatic heterocycles. The summed E-state index contributed by atoms with van der Waals surface area (Å²) in [6, 6.07) is 5.30. The molecule has 0 atom stereocenters. The molecule has 1 rings (SSSR count). The van der Waals surface area contributed by atoms with Crippen LogP contribution in [0.5, 0.6) is 0 Å². The Kier molecular flexibility index (Phi) is 5.10. The van der Waals surface area contributed by atoms with Crippen molar-refractivity contribution >= 4 is 29.1 Å². The first kappa shape index (κ1) is 13.3. The molecular formula is C12H15Cl2NO. The molecule has 0 bridgehead atoms. The number of aryl methyl sites for hydroxylation is 1. The number of hydrogen-bond acceptors (Lipinski definition) is 1. The molecule has 0 N–H and O–H groups in total. The van der Waals surface area contributed by atoms with Gasteiger partial charge in [-0.2, -0.15) is 0 Å². The van der Waals surface area contributed by atoms with Crippen molar-refractivity contribution < 1.29 is 4.79 Å². The van der Waals surface area contributed by atoms with Gasteiger partial charge < -0.3 is 4.90 Å². The first-order valence-corrected chi connectivity index (χ1v) is 6.12. The van der Waals surface area contributed by atoms with E-state index in [0.717, 1.165) is 5.56 Å². The molecule has 0 heterocycles. The van der Waals surface area contributed by atoms with Crippen molar-refractivity contribution in [1.82, 2.24) is 4.90 Å². The zero-order valence-corrected chi connectivity index (χ0v) is 11.0. The van der Waals surface area contributed by atoms with E-state index in [-0.39, 0.29) is 5.91 Å². The van der Waals surface area contributed by atoms with E-state index >= 15 is 0 Å². The summed E-state index contributed by atoms with van der Waals surface area (Å²) >= 11 is 11.6. The highest BCUT2D eigenvalue weighted by molar-refractivity contribution is 6.31. The maximum atomic E-state index is 12.1. The summed E-state index contributed by atoms with van der Waals surface area (Å²) in [6.07, 6.45) is 0. The summed E-state index contributed by atoms with van der Waals surface area (Å²) in [5, 5.41) is 0.678. The first-order valence-electron chi connectivity index (χ1n) is 5.21. The lowest BCUT2D eigenvalue weighted by Gasteiger charge is -2.19. The van der Waals surface area contributed by atoms with E-state index in [9.17, 15) is 4.79 Å². The van der Waals surface area contributed by atoms with Crippen molar-refractivity contribution in [2.75, 3.05) is 19.0 Å². The van der Waals surface area contributed by atoms with Crippen LogP contribution in [0.2, 0.25) is 5.02 Å². The van der Waals surface area contributed by atoms with Gasteiger partial charge in [0.05, 0.1) is 0 Å². The van der Waals surface area contributed by atoms with Crippen LogP contribution in [0.25, 0.3) is 0 Å². The van der Waals surface area contributed by atoms with Crippen LogP contribution in [0.1, 0.15) is 22.8 Å². The van der Waals surface area contributed by atoms with Crippen molar-refractivity contribution in [3.63, 3.8) is 0 Å². The highest BCUT2D eigenvalue weighted by atomic mass is 35.5. The van der Waals surface area contributed by atoms with Crippen molar-refractivity contribution in [3.8, 4) is 0 Å². The molecule has 0 saturated heterocycles. The standard InChI is InChI=1S/C12H15Cl2NO/c1-3-15(7-6-13)12(16)10-4-5-11(14)9(2)8-10/h4-5,8H,3,6-7H2,1-2H3. The highest BCUT2D eigenvalue weighted by Crippen LogP contribution is 2.17. The van der Waals surface area contributed by atoms with Gasteiger partial charge >= 0.3 is 0 Å². The summed E-state index contributed by atoms with van der Waals surface area (Å²) < 4.78 is 0. The van der Waals surface area contributed by atoms with Gasteiger partial charge in [-0.15, -0.1) is 11.6 Å². The molecule has 0 aliphatic rings. The molecule has 1 amide bonds. The third-order valence-corrected chi connectivity index (χ3v) is 3.02. The molecule has 16 heavy (non-hydrogen) atoms. The topological polar surface area (TPSA) is 20.3 Å². The molecule has 0 aliphatic carbocycles. The highest BCUT2D eigenvalue weighted by Gasteiger charge is 2.13. The molecule has 0 saturated carbocycles. The Labute approximate surface area is 106 Å². The lowest BCUT2D eigenvalue weighted by molar-refractivity contribution is 0.0774. The summed E-state index contributed by atoms with van der Waals surface area (Å²) in [4.78, 5) is 13.8. The summed E-state index contributed by atoms with van der Waals surface area (Å²) in [6.45, 7) is 5.05. The Morgan fingerprint density at radius 1 is 1.44 bits per heavy atom. The zero-order valence-electron chi connectivity index (χ0n) is 9.46. The van der Waals surface area contributed by atoms with E-state index in [0.29, 0.717) is 29.6 Å². The summed E-state index contributed by atoms with van der Waals surface area (Å²) in [5.41, 5.74) is 1.57. The number of carbonyl (C=O) groups is 1. The number of alkyl halides is 1. The molecule has 0 radical (unpaired) electrons. The van der Waals surface area contributed by atoms with Crippen LogP contribution < -0.4 is 0 Å². The Balaban J connectivity index is 2.90. The number of amides is 1. The number of hydrogen-bond donors (Lipinski definition) is 0. The van der Waals surface area contributed by atoms with Gasteiger partial charge in [-0.25, -0.2) is 0 Å². The SMILES string of the molecule is CCN(CCCl)C(=O)c1ccc(Cl)c(C)c1. The van der Waals surface area contributed by atoms with E-state index < -0.39 is 0 Å². The van der Waals surface area contributed by atoms with Crippen molar-refractivity contribution in [2.45, 2.75) is 13.8 Å². The van der Waals surface area contributed by atoms with E-state index in [1.54, 1.807) is 17.0 Å². The lowest BCUT2D eigenvalue weighted by atomic mass is 10.1. The van der Waals surface area contributed by atoms with E-state index in [4.69, 9.17) is 23.2 Å². The normalized spacial score (nSPS) is 10.2. The maximum Gasteiger partial charge on any atom is 0.253 e. The molecule has 1 aromatic carbocycles. The average molecular weight is 260 g/mol. The van der Waals surface area contributed by atoms with Crippen LogP contribution >= 0.6 is 23.2 Å². The Hall–Kier alpha value is -0.730. The molecule has 0 fully saturated rings. The molecule has 0 spiro atoms. The Bertz CT molecular complexity index is 379. The molecule has 2 nitrogen and oxygen atoms in total. The molecule has 4 heteroatoms. The largest absolute Gasteiger partial charge is 0.338 e. The van der Waals surface area contributed by atoms with Crippen LogP contribution in [0.4, 0.5) is 0 Å². The quantitative estimate of drug-likeness (QED) is 0.760. The molecule has 0 aromatic heterocycles. The molecule has 88 valence electrons. The van der Waals surface area contributed by atoms with Crippen molar-refractivity contribution in [2.24, 2.45) is 0 Å². The second-order valence-electron chi connectivity index (χ2n) is 3.54. The molecule has 0 unspecified atom stereocenters. The number of halogens is 2. The maximum absolute atomic E-state index is 12.1. The van der Waals surface area contributed by atoms with Gasteiger partial charge in [-0.1, -0.05) is 11.6 Å². The van der Waals surface area contributed by atoms with Gasteiger partial charge in [-0.05, 0) is 37.6 Å². The summed E-state index contributed by atoms with van der Waals surface area (Å²) in [5.74, 6) is 0.453. The number of rotatable bonds is 4. The fourth-order valence-electron chi connectivity index (χ4n) is 1.47. The summed E-state index contributed by atoms with van der Waals surface area (Å²) in [7, 11) is 0. The van der Waals surface area contributed by atoms with Crippen LogP contribution in [-0.4, -0.2) is 29.8 Å². The minimum absolute atomic E-state index is 0.00270. The van der Waals surface area contributed by atoms with E-state index in [2.05, 4.69) is 0 Å². The number of carbonyl (C=O) groups excluding carboxylic acids is 1. The second-order valence-corrected chi connectivity index (χ2v) is 4.32. The van der Waals surface area contributed by atoms with Crippen LogP contribution in [-0.2, 0) is 0 Å². The Morgan fingerprint density at radius 2 is 2.12 bits per heavy atom.